The van der Waals surface area contributed by atoms with Gasteiger partial charge in [0, 0.05) is 24.5 Å². The van der Waals surface area contributed by atoms with E-state index in [0.717, 1.165) is 13.4 Å². The molecule has 188 valence electrons. The first kappa shape index (κ1) is 25.7. The second-order valence-electron chi connectivity index (χ2n) is 9.99. The van der Waals surface area contributed by atoms with E-state index in [-0.39, 0.29) is 0 Å². The van der Waals surface area contributed by atoms with Crippen molar-refractivity contribution in [2.45, 2.75) is 24.8 Å². The van der Waals surface area contributed by atoms with Gasteiger partial charge in [0.15, 0.2) is 0 Å². The molecule has 4 aromatic carbocycles. The monoisotopic (exact) mass is 510 g/mol. The molecule has 1 unspecified atom stereocenters. The van der Waals surface area contributed by atoms with Crippen molar-refractivity contribution in [2.75, 3.05) is 0 Å². The van der Waals surface area contributed by atoms with Gasteiger partial charge in [-0.15, -0.1) is 5.70 Å². The van der Waals surface area contributed by atoms with Crippen molar-refractivity contribution < 1.29 is 0 Å². The van der Waals surface area contributed by atoms with Crippen LogP contribution in [-0.2, 0) is 6.17 Å². The van der Waals surface area contributed by atoms with Gasteiger partial charge in [-0.1, -0.05) is 134 Å². The van der Waals surface area contributed by atoms with Gasteiger partial charge in [0.05, 0.1) is 15.2 Å². The molecule has 1 atom stereocenters. The smallest absolute Gasteiger partial charge is 0.217 e. The molecule has 0 bridgehead atoms. The molecular formula is C34H35BN2Si. The first-order valence-corrected chi connectivity index (χ1v) is 15.5. The third-order valence-electron chi connectivity index (χ3n) is 7.41. The molecule has 4 heteroatoms. The van der Waals surface area contributed by atoms with Gasteiger partial charge in [0.2, 0.25) is 7.28 Å². The second-order valence-corrected chi connectivity index (χ2v) is 11.5. The Bertz CT molecular complexity index is 1320. The number of rotatable bonds is 11. The molecule has 0 aliphatic carbocycles. The fourth-order valence-corrected chi connectivity index (χ4v) is 6.93. The topological polar surface area (TPSA) is 17.8 Å². The van der Waals surface area contributed by atoms with Crippen molar-refractivity contribution in [3.63, 3.8) is 0 Å². The van der Waals surface area contributed by atoms with Crippen molar-refractivity contribution in [3.05, 3.63) is 168 Å². The molecule has 0 N–H and O–H groups in total. The zero-order valence-corrected chi connectivity index (χ0v) is 23.5. The van der Waals surface area contributed by atoms with E-state index in [0.29, 0.717) is 17.7 Å². The van der Waals surface area contributed by atoms with Crippen LogP contribution in [0.2, 0.25) is 0 Å². The summed E-state index contributed by atoms with van der Waals surface area (Å²) in [5, 5.41) is 0. The Morgan fingerprint density at radius 2 is 1.18 bits per heavy atom. The molecule has 38 heavy (non-hydrogen) atoms. The largest absolute Gasteiger partial charge is 0.346 e. The van der Waals surface area contributed by atoms with Crippen LogP contribution in [0.4, 0.5) is 0 Å². The molecule has 0 spiro atoms. The Morgan fingerprint density at radius 1 is 0.711 bits per heavy atom. The van der Waals surface area contributed by atoms with Crippen molar-refractivity contribution >= 4 is 22.5 Å². The van der Waals surface area contributed by atoms with Gasteiger partial charge in [-0.2, -0.15) is 0 Å². The van der Waals surface area contributed by atoms with Crippen molar-refractivity contribution in [3.8, 4) is 0 Å². The molecule has 2 nitrogen and oxygen atoms in total. The van der Waals surface area contributed by atoms with Crippen LogP contribution in [0.5, 0.6) is 0 Å². The van der Waals surface area contributed by atoms with Gasteiger partial charge in [0.25, 0.3) is 0 Å². The number of hydrogen-bond acceptors (Lipinski definition) is 1. The number of imidazole rings is 1. The van der Waals surface area contributed by atoms with E-state index in [9.17, 15) is 0 Å². The fraction of sp³-hybridized carbons (Fsp3) is 0.147. The maximum atomic E-state index is 4.79. The summed E-state index contributed by atoms with van der Waals surface area (Å²) in [7, 11) is 0.472. The van der Waals surface area contributed by atoms with Gasteiger partial charge in [-0.05, 0) is 34.0 Å². The molecule has 5 aromatic rings. The zero-order valence-electron chi connectivity index (χ0n) is 22.1. The van der Waals surface area contributed by atoms with Crippen LogP contribution in [0, 0.1) is 5.92 Å². The minimum atomic E-state index is -0.431. The molecule has 0 fully saturated rings. The van der Waals surface area contributed by atoms with E-state index in [2.05, 4.69) is 151 Å². The third kappa shape index (κ3) is 6.51. The van der Waals surface area contributed by atoms with Crippen LogP contribution in [0.25, 0.3) is 0 Å². The van der Waals surface area contributed by atoms with E-state index in [1.165, 1.54) is 28.0 Å². The lowest BCUT2D eigenvalue weighted by atomic mass is 9.58. The number of nitrogens with zero attached hydrogens (tertiary/aromatic N) is 2. The second kappa shape index (κ2) is 13.1. The van der Waals surface area contributed by atoms with E-state index in [1.807, 2.05) is 6.20 Å². The molecule has 1 heterocycles. The average molecular weight is 511 g/mol. The minimum absolute atomic E-state index is 0.299. The molecule has 0 amide bonds. The Hall–Kier alpha value is -3.89. The Balaban J connectivity index is 1.28. The van der Waals surface area contributed by atoms with E-state index in [1.54, 1.807) is 0 Å². The van der Waals surface area contributed by atoms with Gasteiger partial charge in [-0.25, -0.2) is 0 Å². The highest BCUT2D eigenvalue weighted by Gasteiger charge is 2.20. The molecule has 0 saturated heterocycles. The normalized spacial score (nSPS) is 12.6. The summed E-state index contributed by atoms with van der Waals surface area (Å²) >= 11 is 0. The van der Waals surface area contributed by atoms with Gasteiger partial charge in [-0.3, -0.25) is 4.98 Å². The summed E-state index contributed by atoms with van der Waals surface area (Å²) < 4.78 is 2.38. The predicted octanol–water partition coefficient (Wildman–Crippen LogP) is 5.84. The van der Waals surface area contributed by atoms with Crippen LogP contribution in [0.15, 0.2) is 145 Å². The summed E-state index contributed by atoms with van der Waals surface area (Å²) in [4.78, 5) is 4.79. The number of hydrogen-bond donors (Lipinski definition) is 0. The van der Waals surface area contributed by atoms with Crippen LogP contribution in [0.3, 0.4) is 0 Å². The maximum absolute atomic E-state index is 4.79. The molecular weight excluding hydrogens is 475 g/mol. The number of benzene rings is 4. The number of allylic oxidation sites excluding steroid dienone is 1. The highest BCUT2D eigenvalue weighted by atomic mass is 28.2. The standard InChI is InChI=1S/C34H35BN2Si/c1-27(32(28-14-6-2-7-15-28)29-16-8-3-9-17-29)22-25-38-26-37-24-23-36-34(37)35-33(30-18-10-4-11-19-30)31-20-12-5-13-21-31/h2-25,27,32-33,35H,26,38H2,1H3. The lowest BCUT2D eigenvalue weighted by molar-refractivity contribution is 0.625. The summed E-state index contributed by atoms with van der Waals surface area (Å²) in [6.07, 6.45) is 7.63. The lowest BCUT2D eigenvalue weighted by Gasteiger charge is -2.23. The van der Waals surface area contributed by atoms with Gasteiger partial charge < -0.3 is 4.57 Å². The van der Waals surface area contributed by atoms with Crippen molar-refractivity contribution in [2.24, 2.45) is 5.92 Å². The zero-order chi connectivity index (χ0) is 26.0. The van der Waals surface area contributed by atoms with Gasteiger partial charge >= 0.3 is 0 Å². The minimum Gasteiger partial charge on any atom is -0.346 e. The molecule has 0 radical (unpaired) electrons. The number of aromatic nitrogens is 2. The predicted molar refractivity (Wildman–Crippen MR) is 165 cm³/mol. The van der Waals surface area contributed by atoms with Crippen molar-refractivity contribution in [1.82, 2.24) is 9.55 Å². The molecule has 0 aliphatic heterocycles. The third-order valence-corrected chi connectivity index (χ3v) is 8.76. The van der Waals surface area contributed by atoms with Crippen LogP contribution in [-0.4, -0.2) is 26.4 Å². The Labute approximate surface area is 230 Å². The van der Waals surface area contributed by atoms with Crippen LogP contribution >= 0.6 is 0 Å². The Morgan fingerprint density at radius 3 is 1.68 bits per heavy atom. The lowest BCUT2D eigenvalue weighted by Crippen LogP contribution is -2.32. The Kier molecular flexibility index (Phi) is 8.86. The van der Waals surface area contributed by atoms with Crippen LogP contribution in [0.1, 0.15) is 40.9 Å². The quantitative estimate of drug-likeness (QED) is 0.204. The summed E-state index contributed by atoms with van der Waals surface area (Å²) in [5.41, 5.74) is 9.09. The molecule has 1 aromatic heterocycles. The van der Waals surface area contributed by atoms with Gasteiger partial charge in [0.1, 0.15) is 0 Å². The average Bonchev–Trinajstić information content (AvgIpc) is 3.43. The fourth-order valence-electron chi connectivity index (χ4n) is 5.47. The first-order valence-electron chi connectivity index (χ1n) is 13.7. The summed E-state index contributed by atoms with van der Waals surface area (Å²) in [6, 6.07) is 43.5. The van der Waals surface area contributed by atoms with E-state index >= 15 is 0 Å². The highest BCUT2D eigenvalue weighted by molar-refractivity contribution is 6.54. The van der Waals surface area contributed by atoms with E-state index < -0.39 is 9.52 Å². The first-order chi connectivity index (χ1) is 18.8. The van der Waals surface area contributed by atoms with E-state index in [4.69, 9.17) is 4.98 Å². The maximum Gasteiger partial charge on any atom is 0.217 e. The summed E-state index contributed by atoms with van der Waals surface area (Å²) in [6.45, 7) is 2.35. The molecule has 0 saturated carbocycles. The van der Waals surface area contributed by atoms with Crippen molar-refractivity contribution in [1.29, 1.82) is 0 Å². The molecule has 5 rings (SSSR count). The van der Waals surface area contributed by atoms with Crippen LogP contribution < -0.4 is 5.72 Å². The highest BCUT2D eigenvalue weighted by Crippen LogP contribution is 2.32. The summed E-state index contributed by atoms with van der Waals surface area (Å²) in [5.74, 6) is 1.09. The molecule has 0 aliphatic rings. The SMILES string of the molecule is CC(C=C[SiH2]Cn1ccnc1BC(c1ccccc1)c1ccccc1)C(c1ccccc1)c1ccccc1.